The predicted molar refractivity (Wildman–Crippen MR) is 74.9 cm³/mol. The predicted octanol–water partition coefficient (Wildman–Crippen LogP) is 0.164. The third kappa shape index (κ3) is 3.79. The Morgan fingerprint density at radius 3 is 2.43 bits per heavy atom. The van der Waals surface area contributed by atoms with Gasteiger partial charge in [0, 0.05) is 12.1 Å². The second-order valence-corrected chi connectivity index (χ2v) is 6.61. The smallest absolute Gasteiger partial charge is 0.326 e. The number of nitrogens with zero attached hydrogens (tertiary/aromatic N) is 1. The highest BCUT2D eigenvalue weighted by molar-refractivity contribution is 7.88. The molecule has 7 nitrogen and oxygen atoms in total. The number of carbonyl (C=O) groups is 2. The molecule has 0 bridgehead atoms. The number of carboxylic acid groups (broad SMARTS) is 1. The molecule has 2 rings (SSSR count). The molecule has 1 aliphatic heterocycles. The molecule has 0 saturated carbocycles. The van der Waals surface area contributed by atoms with Gasteiger partial charge in [-0.3, -0.25) is 4.79 Å². The molecule has 1 fully saturated rings. The van der Waals surface area contributed by atoms with E-state index in [1.54, 1.807) is 0 Å². The largest absolute Gasteiger partial charge is 0.480 e. The van der Waals surface area contributed by atoms with Crippen molar-refractivity contribution in [2.75, 3.05) is 6.54 Å². The van der Waals surface area contributed by atoms with Crippen LogP contribution in [0.15, 0.2) is 24.3 Å². The molecule has 114 valence electrons. The van der Waals surface area contributed by atoms with Crippen LogP contribution in [-0.2, 0) is 20.6 Å². The number of nitrogens with two attached hydrogens (primary N) is 1. The number of amides is 1. The van der Waals surface area contributed by atoms with Gasteiger partial charge in [0.15, 0.2) is 0 Å². The highest BCUT2D eigenvalue weighted by Gasteiger charge is 2.34. The molecule has 1 atom stereocenters. The van der Waals surface area contributed by atoms with Gasteiger partial charge in [0.25, 0.3) is 5.91 Å². The van der Waals surface area contributed by atoms with Gasteiger partial charge in [-0.2, -0.15) is 0 Å². The summed E-state index contributed by atoms with van der Waals surface area (Å²) < 4.78 is 22.0. The first-order valence-corrected chi connectivity index (χ1v) is 8.12. The van der Waals surface area contributed by atoms with Crippen molar-refractivity contribution in [3.05, 3.63) is 35.4 Å². The summed E-state index contributed by atoms with van der Waals surface area (Å²) >= 11 is 0. The Bertz CT molecular complexity index is 654. The molecule has 0 aromatic heterocycles. The summed E-state index contributed by atoms with van der Waals surface area (Å²) in [6.07, 6.45) is 1.11. The number of sulfonamides is 1. The minimum Gasteiger partial charge on any atom is -0.480 e. The van der Waals surface area contributed by atoms with E-state index >= 15 is 0 Å². The maximum Gasteiger partial charge on any atom is 0.326 e. The van der Waals surface area contributed by atoms with Gasteiger partial charge < -0.3 is 10.0 Å². The van der Waals surface area contributed by atoms with Crippen LogP contribution in [0, 0.1) is 0 Å². The van der Waals surface area contributed by atoms with Crippen molar-refractivity contribution in [3.8, 4) is 0 Å². The Labute approximate surface area is 122 Å². The van der Waals surface area contributed by atoms with Crippen LogP contribution in [0.5, 0.6) is 0 Å². The topological polar surface area (TPSA) is 118 Å². The Kier molecular flexibility index (Phi) is 4.29. The third-order valence-electron chi connectivity index (χ3n) is 3.37. The maximum absolute atomic E-state index is 12.3. The molecule has 1 aromatic carbocycles. The molecule has 1 heterocycles. The van der Waals surface area contributed by atoms with Crippen molar-refractivity contribution < 1.29 is 23.1 Å². The number of rotatable bonds is 4. The summed E-state index contributed by atoms with van der Waals surface area (Å²) in [5, 5.41) is 14.0. The summed E-state index contributed by atoms with van der Waals surface area (Å²) in [4.78, 5) is 24.7. The van der Waals surface area contributed by atoms with Crippen molar-refractivity contribution in [1.82, 2.24) is 4.90 Å². The molecule has 0 radical (unpaired) electrons. The molecule has 1 amide bonds. The number of likely N-dealkylation sites (tertiary alicyclic amines) is 1. The fraction of sp³-hybridized carbons (Fsp3) is 0.385. The molecular weight excluding hydrogens is 296 g/mol. The fourth-order valence-electron chi connectivity index (χ4n) is 2.41. The van der Waals surface area contributed by atoms with E-state index in [9.17, 15) is 18.0 Å². The second-order valence-electron chi connectivity index (χ2n) is 5.00. The van der Waals surface area contributed by atoms with Gasteiger partial charge >= 0.3 is 5.97 Å². The number of benzene rings is 1. The summed E-state index contributed by atoms with van der Waals surface area (Å²) in [5.41, 5.74) is 0.812. The third-order valence-corrected chi connectivity index (χ3v) is 4.10. The number of aliphatic carboxylic acids is 1. The minimum atomic E-state index is -3.62. The zero-order valence-corrected chi connectivity index (χ0v) is 12.0. The first kappa shape index (κ1) is 15.5. The van der Waals surface area contributed by atoms with E-state index in [0.717, 1.165) is 0 Å². The van der Waals surface area contributed by atoms with Crippen molar-refractivity contribution in [2.45, 2.75) is 24.6 Å². The summed E-state index contributed by atoms with van der Waals surface area (Å²) in [6, 6.07) is 5.19. The maximum atomic E-state index is 12.3. The number of hydrogen-bond donors (Lipinski definition) is 2. The molecule has 8 heteroatoms. The standard InChI is InChI=1S/C13H16N2O5S/c14-21(19,20)8-9-3-5-10(6-4-9)12(16)15-7-1-2-11(15)13(17)18/h3-6,11H,1-2,7-8H2,(H,17,18)(H2,14,19,20)/t11-/m1/s1. The normalized spacial score (nSPS) is 18.7. The van der Waals surface area contributed by atoms with Crippen LogP contribution in [-0.4, -0.2) is 42.9 Å². The van der Waals surface area contributed by atoms with Crippen LogP contribution >= 0.6 is 0 Å². The number of primary sulfonamides is 1. The Morgan fingerprint density at radius 2 is 1.90 bits per heavy atom. The Balaban J connectivity index is 2.15. The van der Waals surface area contributed by atoms with E-state index in [1.807, 2.05) is 0 Å². The number of hydrogen-bond acceptors (Lipinski definition) is 4. The van der Waals surface area contributed by atoms with Crippen LogP contribution in [0.2, 0.25) is 0 Å². The summed E-state index contributed by atoms with van der Waals surface area (Å²) in [5.74, 6) is -1.67. The molecule has 0 unspecified atom stereocenters. The zero-order valence-electron chi connectivity index (χ0n) is 11.2. The van der Waals surface area contributed by atoms with Crippen LogP contribution in [0.4, 0.5) is 0 Å². The second kappa shape index (κ2) is 5.82. The van der Waals surface area contributed by atoms with Gasteiger partial charge in [-0.25, -0.2) is 18.4 Å². The lowest BCUT2D eigenvalue weighted by molar-refractivity contribution is -0.141. The number of carboxylic acids is 1. The lowest BCUT2D eigenvalue weighted by Crippen LogP contribution is -2.40. The van der Waals surface area contributed by atoms with Gasteiger partial charge in [-0.05, 0) is 30.5 Å². The fourth-order valence-corrected chi connectivity index (χ4v) is 3.07. The monoisotopic (exact) mass is 312 g/mol. The Hall–Kier alpha value is -1.93. The lowest BCUT2D eigenvalue weighted by atomic mass is 10.1. The molecule has 21 heavy (non-hydrogen) atoms. The molecular formula is C13H16N2O5S. The first-order chi connectivity index (χ1) is 9.78. The van der Waals surface area contributed by atoms with Crippen molar-refractivity contribution in [1.29, 1.82) is 0 Å². The highest BCUT2D eigenvalue weighted by Crippen LogP contribution is 2.20. The van der Waals surface area contributed by atoms with Crippen molar-refractivity contribution >= 4 is 21.9 Å². The zero-order chi connectivity index (χ0) is 15.6. The van der Waals surface area contributed by atoms with E-state index in [2.05, 4.69) is 0 Å². The van der Waals surface area contributed by atoms with Crippen LogP contribution in [0.1, 0.15) is 28.8 Å². The molecule has 1 saturated heterocycles. The van der Waals surface area contributed by atoms with E-state index in [-0.39, 0.29) is 11.7 Å². The van der Waals surface area contributed by atoms with Crippen LogP contribution < -0.4 is 5.14 Å². The lowest BCUT2D eigenvalue weighted by Gasteiger charge is -2.21. The highest BCUT2D eigenvalue weighted by atomic mass is 32.2. The Morgan fingerprint density at radius 1 is 1.29 bits per heavy atom. The quantitative estimate of drug-likeness (QED) is 0.821. The van der Waals surface area contributed by atoms with Gasteiger partial charge in [-0.1, -0.05) is 12.1 Å². The van der Waals surface area contributed by atoms with Gasteiger partial charge in [0.1, 0.15) is 6.04 Å². The van der Waals surface area contributed by atoms with E-state index in [0.29, 0.717) is 30.5 Å². The van der Waals surface area contributed by atoms with E-state index in [1.165, 1.54) is 29.2 Å². The first-order valence-electron chi connectivity index (χ1n) is 6.41. The summed E-state index contributed by atoms with van der Waals surface area (Å²) in [6.45, 7) is 0.411. The molecule has 0 aliphatic carbocycles. The number of carbonyl (C=O) groups excluding carboxylic acids is 1. The summed E-state index contributed by atoms with van der Waals surface area (Å²) in [7, 11) is -3.62. The average molecular weight is 312 g/mol. The van der Waals surface area contributed by atoms with Crippen molar-refractivity contribution in [3.63, 3.8) is 0 Å². The van der Waals surface area contributed by atoms with Crippen LogP contribution in [0.25, 0.3) is 0 Å². The molecule has 3 N–H and O–H groups in total. The van der Waals surface area contributed by atoms with E-state index in [4.69, 9.17) is 10.2 Å². The minimum absolute atomic E-state index is 0.303. The SMILES string of the molecule is NS(=O)(=O)Cc1ccc(C(=O)N2CCC[C@@H]2C(=O)O)cc1. The average Bonchev–Trinajstić information content (AvgIpc) is 2.86. The van der Waals surface area contributed by atoms with Gasteiger partial charge in [-0.15, -0.1) is 0 Å². The molecule has 0 spiro atoms. The van der Waals surface area contributed by atoms with Crippen molar-refractivity contribution in [2.24, 2.45) is 5.14 Å². The molecule has 1 aromatic rings. The van der Waals surface area contributed by atoms with Gasteiger partial charge in [0.05, 0.1) is 5.75 Å². The molecule has 1 aliphatic rings. The van der Waals surface area contributed by atoms with Gasteiger partial charge in [0.2, 0.25) is 10.0 Å². The van der Waals surface area contributed by atoms with Crippen LogP contribution in [0.3, 0.4) is 0 Å². The van der Waals surface area contributed by atoms with E-state index < -0.39 is 22.0 Å².